The van der Waals surface area contributed by atoms with E-state index in [2.05, 4.69) is 39.6 Å². The van der Waals surface area contributed by atoms with Crippen LogP contribution in [0, 0.1) is 0 Å². The number of benzene rings is 1. The van der Waals surface area contributed by atoms with Crippen LogP contribution in [0.15, 0.2) is 36.4 Å². The third kappa shape index (κ3) is 5.77. The Morgan fingerprint density at radius 2 is 1.82 bits per heavy atom. The Labute approximate surface area is 197 Å². The Morgan fingerprint density at radius 1 is 1.12 bits per heavy atom. The minimum Gasteiger partial charge on any atom is -0.497 e. The van der Waals surface area contributed by atoms with E-state index in [0.29, 0.717) is 40.2 Å². The number of H-pyrrole nitrogens is 1. The van der Waals surface area contributed by atoms with E-state index in [-0.39, 0.29) is 12.5 Å². The number of methoxy groups -OCH3 is 2. The van der Waals surface area contributed by atoms with E-state index in [1.165, 1.54) is 11.3 Å². The van der Waals surface area contributed by atoms with E-state index in [0.717, 1.165) is 23.7 Å². The van der Waals surface area contributed by atoms with Crippen LogP contribution in [0.3, 0.4) is 0 Å². The highest BCUT2D eigenvalue weighted by Gasteiger charge is 2.23. The lowest BCUT2D eigenvalue weighted by atomic mass is 10.1. The maximum atomic E-state index is 12.7. The monoisotopic (exact) mass is 471 g/mol. The summed E-state index contributed by atoms with van der Waals surface area (Å²) in [5.41, 5.74) is 0.877. The number of nitrogens with zero attached hydrogens (tertiary/aromatic N) is 2. The van der Waals surface area contributed by atoms with Crippen LogP contribution < -0.4 is 29.7 Å². The maximum absolute atomic E-state index is 12.7. The number of thiophene rings is 1. The molecular formula is C23H29N5O4S. The van der Waals surface area contributed by atoms with Crippen LogP contribution in [-0.4, -0.2) is 55.5 Å². The van der Waals surface area contributed by atoms with Gasteiger partial charge in [-0.1, -0.05) is 0 Å². The van der Waals surface area contributed by atoms with Gasteiger partial charge in [0.2, 0.25) is 5.88 Å². The fourth-order valence-electron chi connectivity index (χ4n) is 3.86. The number of aromatic amines is 1. The van der Waals surface area contributed by atoms with Gasteiger partial charge >= 0.3 is 0 Å². The number of hydrogen-bond acceptors (Lipinski definition) is 8. The molecule has 9 nitrogen and oxygen atoms in total. The molecule has 33 heavy (non-hydrogen) atoms. The summed E-state index contributed by atoms with van der Waals surface area (Å²) in [6, 6.07) is 11.9. The zero-order valence-corrected chi connectivity index (χ0v) is 20.0. The number of nitrogens with one attached hydrogen (secondary N) is 3. The molecule has 10 heteroatoms. The van der Waals surface area contributed by atoms with Crippen molar-refractivity contribution in [1.82, 2.24) is 15.5 Å². The lowest BCUT2D eigenvalue weighted by Gasteiger charge is -2.36. The predicted molar refractivity (Wildman–Crippen MR) is 129 cm³/mol. The summed E-state index contributed by atoms with van der Waals surface area (Å²) in [6.45, 7) is 6.47. The number of amides is 1. The number of ether oxygens (including phenoxy) is 3. The van der Waals surface area contributed by atoms with Gasteiger partial charge in [0, 0.05) is 37.3 Å². The van der Waals surface area contributed by atoms with Crippen molar-refractivity contribution in [1.29, 1.82) is 0 Å². The lowest BCUT2D eigenvalue weighted by Crippen LogP contribution is -2.54. The van der Waals surface area contributed by atoms with E-state index >= 15 is 0 Å². The average molecular weight is 472 g/mol. The van der Waals surface area contributed by atoms with Crippen LogP contribution in [0.4, 0.5) is 10.8 Å². The summed E-state index contributed by atoms with van der Waals surface area (Å²) in [5.74, 6) is 2.03. The smallest absolute Gasteiger partial charge is 0.266 e. The van der Waals surface area contributed by atoms with Crippen molar-refractivity contribution in [3.05, 3.63) is 46.8 Å². The molecule has 1 aliphatic heterocycles. The van der Waals surface area contributed by atoms with Crippen LogP contribution in [0.25, 0.3) is 0 Å². The number of carbonyl (C=O) groups excluding carboxylic acids is 1. The van der Waals surface area contributed by atoms with Gasteiger partial charge in [0.1, 0.15) is 23.9 Å². The summed E-state index contributed by atoms with van der Waals surface area (Å²) in [5, 5.41) is 14.4. The Kier molecular flexibility index (Phi) is 7.05. The molecule has 3 N–H and O–H groups in total. The fraction of sp³-hybridized carbons (Fsp3) is 0.391. The minimum atomic E-state index is -0.185. The molecule has 0 aliphatic carbocycles. The van der Waals surface area contributed by atoms with Crippen molar-refractivity contribution in [2.24, 2.45) is 0 Å². The largest absolute Gasteiger partial charge is 0.497 e. The van der Waals surface area contributed by atoms with Crippen molar-refractivity contribution in [3.63, 3.8) is 0 Å². The first kappa shape index (κ1) is 22.9. The third-order valence-corrected chi connectivity index (χ3v) is 6.43. The number of rotatable bonds is 8. The number of carbonyl (C=O) groups is 1. The molecule has 4 rings (SSSR count). The average Bonchev–Trinajstić information content (AvgIpc) is 3.46. The molecule has 0 saturated carbocycles. The van der Waals surface area contributed by atoms with Crippen molar-refractivity contribution >= 4 is 28.1 Å². The zero-order valence-electron chi connectivity index (χ0n) is 19.2. The van der Waals surface area contributed by atoms with Crippen LogP contribution in [0.1, 0.15) is 29.1 Å². The molecule has 0 spiro atoms. The fourth-order valence-corrected chi connectivity index (χ4v) is 4.78. The van der Waals surface area contributed by atoms with Crippen molar-refractivity contribution in [2.75, 3.05) is 37.5 Å². The molecule has 1 saturated heterocycles. The minimum absolute atomic E-state index is 0.185. The van der Waals surface area contributed by atoms with E-state index in [9.17, 15) is 4.79 Å². The molecule has 0 unspecified atom stereocenters. The SMILES string of the molecule is COc1cc(COc2cc(NC(=O)c3ccc(N4C[C@@H](C)N[C@@H](C)C4)s3)[nH]n2)cc(OC)c1. The second-order valence-electron chi connectivity index (χ2n) is 8.10. The molecule has 2 aromatic heterocycles. The van der Waals surface area contributed by atoms with Gasteiger partial charge in [0.25, 0.3) is 5.91 Å². The normalized spacial score (nSPS) is 18.1. The Balaban J connectivity index is 1.34. The molecule has 0 bridgehead atoms. The summed E-state index contributed by atoms with van der Waals surface area (Å²) in [7, 11) is 3.20. The predicted octanol–water partition coefficient (Wildman–Crippen LogP) is 3.51. The molecule has 1 amide bonds. The van der Waals surface area contributed by atoms with Crippen LogP contribution >= 0.6 is 11.3 Å². The van der Waals surface area contributed by atoms with Crippen LogP contribution in [0.5, 0.6) is 17.4 Å². The standard InChI is InChI=1S/C23H29N5O4S/c1-14-11-28(12-15(2)24-14)22-6-5-19(33-22)23(29)25-20-10-21(27-26-20)32-13-16-7-17(30-3)9-18(8-16)31-4/h5-10,14-15,24H,11-13H2,1-4H3,(H2,25,26,27,29)/t14-,15+. The quantitative estimate of drug-likeness (QED) is 0.462. The highest BCUT2D eigenvalue weighted by Crippen LogP contribution is 2.29. The van der Waals surface area contributed by atoms with Gasteiger partial charge in [-0.25, -0.2) is 0 Å². The van der Waals surface area contributed by atoms with E-state index in [1.807, 2.05) is 24.3 Å². The van der Waals surface area contributed by atoms with Gasteiger partial charge in [-0.15, -0.1) is 16.4 Å². The van der Waals surface area contributed by atoms with Crippen LogP contribution in [0.2, 0.25) is 0 Å². The molecular weight excluding hydrogens is 442 g/mol. The summed E-state index contributed by atoms with van der Waals surface area (Å²) >= 11 is 1.49. The number of piperazine rings is 1. The molecule has 3 heterocycles. The highest BCUT2D eigenvalue weighted by molar-refractivity contribution is 7.18. The molecule has 176 valence electrons. The number of anilines is 2. The Bertz CT molecular complexity index is 1070. The second-order valence-corrected chi connectivity index (χ2v) is 9.16. The van der Waals surface area contributed by atoms with Crippen LogP contribution in [-0.2, 0) is 6.61 Å². The van der Waals surface area contributed by atoms with Gasteiger partial charge < -0.3 is 29.7 Å². The second kappa shape index (κ2) is 10.1. The van der Waals surface area contributed by atoms with Gasteiger partial charge in [-0.05, 0) is 43.7 Å². The van der Waals surface area contributed by atoms with Gasteiger partial charge in [-0.2, -0.15) is 0 Å². The Hall–Kier alpha value is -3.24. The topological polar surface area (TPSA) is 101 Å². The van der Waals surface area contributed by atoms with E-state index in [1.54, 1.807) is 26.4 Å². The summed E-state index contributed by atoms with van der Waals surface area (Å²) in [6.07, 6.45) is 0. The molecule has 1 aliphatic rings. The van der Waals surface area contributed by atoms with Gasteiger partial charge in [0.15, 0.2) is 0 Å². The summed E-state index contributed by atoms with van der Waals surface area (Å²) < 4.78 is 16.3. The lowest BCUT2D eigenvalue weighted by molar-refractivity contribution is 0.103. The maximum Gasteiger partial charge on any atom is 0.266 e. The summed E-state index contributed by atoms with van der Waals surface area (Å²) in [4.78, 5) is 15.7. The van der Waals surface area contributed by atoms with E-state index < -0.39 is 0 Å². The number of hydrogen-bond donors (Lipinski definition) is 3. The first-order valence-electron chi connectivity index (χ1n) is 10.8. The molecule has 2 atom stereocenters. The Morgan fingerprint density at radius 3 is 2.48 bits per heavy atom. The molecule has 0 radical (unpaired) electrons. The van der Waals surface area contributed by atoms with Crippen molar-refractivity contribution in [3.8, 4) is 17.4 Å². The molecule has 1 fully saturated rings. The highest BCUT2D eigenvalue weighted by atomic mass is 32.1. The van der Waals surface area contributed by atoms with Crippen molar-refractivity contribution in [2.45, 2.75) is 32.5 Å². The molecule has 3 aromatic rings. The van der Waals surface area contributed by atoms with Crippen molar-refractivity contribution < 1.29 is 19.0 Å². The van der Waals surface area contributed by atoms with E-state index in [4.69, 9.17) is 14.2 Å². The third-order valence-electron chi connectivity index (χ3n) is 5.29. The first-order chi connectivity index (χ1) is 15.9. The molecule has 1 aromatic carbocycles. The van der Waals surface area contributed by atoms with Gasteiger partial charge in [-0.3, -0.25) is 9.89 Å². The zero-order chi connectivity index (χ0) is 23.4. The first-order valence-corrected chi connectivity index (χ1v) is 11.6. The van der Waals surface area contributed by atoms with Gasteiger partial charge in [0.05, 0.1) is 24.1 Å². The number of aromatic nitrogens is 2.